The van der Waals surface area contributed by atoms with Crippen LogP contribution in [0.2, 0.25) is 0 Å². The Morgan fingerprint density at radius 3 is 2.69 bits per heavy atom. The molecule has 0 aliphatic rings. The van der Waals surface area contributed by atoms with Gasteiger partial charge in [-0.2, -0.15) is 0 Å². The van der Waals surface area contributed by atoms with E-state index in [2.05, 4.69) is 33.9 Å². The van der Waals surface area contributed by atoms with Crippen LogP contribution in [0.3, 0.4) is 0 Å². The Kier molecular flexibility index (Phi) is 3.74. The summed E-state index contributed by atoms with van der Waals surface area (Å²) in [5.74, 6) is 0. The maximum absolute atomic E-state index is 6.18. The molecule has 2 aromatic rings. The molecule has 0 aliphatic carbocycles. The van der Waals surface area contributed by atoms with Crippen molar-refractivity contribution < 1.29 is 0 Å². The number of nitrogens with two attached hydrogens (primary N) is 1. The lowest BCUT2D eigenvalue weighted by Gasteiger charge is -2.08. The molecule has 0 saturated heterocycles. The number of hydrogen-bond acceptors (Lipinski definition) is 3. The van der Waals surface area contributed by atoms with E-state index in [0.717, 1.165) is 6.42 Å². The molecule has 0 radical (unpaired) electrons. The van der Waals surface area contributed by atoms with E-state index in [0.29, 0.717) is 0 Å². The molecule has 2 aromatic heterocycles. The summed E-state index contributed by atoms with van der Waals surface area (Å²) < 4.78 is 1.17. The van der Waals surface area contributed by atoms with Crippen molar-refractivity contribution in [3.05, 3.63) is 50.4 Å². The van der Waals surface area contributed by atoms with Crippen molar-refractivity contribution in [1.82, 2.24) is 4.98 Å². The maximum Gasteiger partial charge on any atom is 0.0731 e. The lowest BCUT2D eigenvalue weighted by molar-refractivity contribution is 0.735. The van der Waals surface area contributed by atoms with E-state index in [4.69, 9.17) is 5.73 Å². The molecule has 0 saturated carbocycles. The number of aryl methyl sites for hydroxylation is 1. The molecular weight excluding hydrogens is 284 g/mol. The van der Waals surface area contributed by atoms with Gasteiger partial charge in [-0.15, -0.1) is 11.3 Å². The van der Waals surface area contributed by atoms with Crippen LogP contribution in [0.1, 0.15) is 22.0 Å². The Balaban J connectivity index is 2.11. The van der Waals surface area contributed by atoms with E-state index in [1.54, 1.807) is 23.7 Å². The van der Waals surface area contributed by atoms with Crippen LogP contribution >= 0.6 is 27.3 Å². The average molecular weight is 297 g/mol. The molecule has 2 rings (SSSR count). The van der Waals surface area contributed by atoms with Crippen molar-refractivity contribution in [2.24, 2.45) is 5.73 Å². The Bertz CT molecular complexity index is 448. The van der Waals surface area contributed by atoms with Crippen molar-refractivity contribution >= 4 is 27.3 Å². The van der Waals surface area contributed by atoms with Crippen LogP contribution in [0, 0.1) is 6.92 Å². The third kappa shape index (κ3) is 2.70. The minimum atomic E-state index is 0.0670. The van der Waals surface area contributed by atoms with E-state index in [9.17, 15) is 0 Å². The summed E-state index contributed by atoms with van der Waals surface area (Å²) in [5, 5.41) is 0. The maximum atomic E-state index is 6.18. The molecule has 0 aromatic carbocycles. The van der Waals surface area contributed by atoms with Crippen molar-refractivity contribution in [3.63, 3.8) is 0 Å². The summed E-state index contributed by atoms with van der Waals surface area (Å²) in [5.41, 5.74) is 8.66. The van der Waals surface area contributed by atoms with Gasteiger partial charge in [0.05, 0.1) is 3.79 Å². The van der Waals surface area contributed by atoms with Gasteiger partial charge in [-0.1, -0.05) is 0 Å². The largest absolute Gasteiger partial charge is 0.323 e. The Labute approximate surface area is 108 Å². The minimum Gasteiger partial charge on any atom is -0.323 e. The van der Waals surface area contributed by atoms with Gasteiger partial charge in [0, 0.05) is 23.3 Å². The number of nitrogens with zero attached hydrogens (tertiary/aromatic N) is 1. The van der Waals surface area contributed by atoms with Crippen molar-refractivity contribution in [1.29, 1.82) is 0 Å². The minimum absolute atomic E-state index is 0.0670. The molecule has 0 amide bonds. The molecule has 1 unspecified atom stereocenters. The first kappa shape index (κ1) is 11.8. The highest BCUT2D eigenvalue weighted by atomic mass is 79.9. The van der Waals surface area contributed by atoms with Gasteiger partial charge in [0.1, 0.15) is 0 Å². The first-order valence-electron chi connectivity index (χ1n) is 5.07. The number of halogens is 1. The topological polar surface area (TPSA) is 38.9 Å². The highest BCUT2D eigenvalue weighted by molar-refractivity contribution is 9.11. The zero-order valence-corrected chi connectivity index (χ0v) is 11.4. The first-order chi connectivity index (χ1) is 7.66. The van der Waals surface area contributed by atoms with Crippen LogP contribution in [0.15, 0.2) is 34.4 Å². The number of rotatable bonds is 3. The summed E-state index contributed by atoms with van der Waals surface area (Å²) in [6.45, 7) is 2.09. The van der Waals surface area contributed by atoms with Gasteiger partial charge in [0.2, 0.25) is 0 Å². The number of pyridine rings is 1. The number of thiophene rings is 1. The quantitative estimate of drug-likeness (QED) is 0.942. The smallest absolute Gasteiger partial charge is 0.0731 e. The van der Waals surface area contributed by atoms with E-state index >= 15 is 0 Å². The van der Waals surface area contributed by atoms with Crippen LogP contribution in [-0.4, -0.2) is 4.98 Å². The van der Waals surface area contributed by atoms with Crippen molar-refractivity contribution in [3.8, 4) is 0 Å². The summed E-state index contributed by atoms with van der Waals surface area (Å²) in [4.78, 5) is 5.22. The zero-order valence-electron chi connectivity index (χ0n) is 8.98. The SMILES string of the molecule is Cc1cc(C(N)Cc2ccncc2)sc1Br. The molecule has 0 spiro atoms. The second-order valence-corrected chi connectivity index (χ2v) is 6.17. The van der Waals surface area contributed by atoms with Crippen LogP contribution in [-0.2, 0) is 6.42 Å². The normalized spacial score (nSPS) is 12.7. The van der Waals surface area contributed by atoms with Gasteiger partial charge in [-0.05, 0) is 58.6 Å². The van der Waals surface area contributed by atoms with Crippen LogP contribution in [0.5, 0.6) is 0 Å². The van der Waals surface area contributed by atoms with Gasteiger partial charge in [-0.25, -0.2) is 0 Å². The monoisotopic (exact) mass is 296 g/mol. The molecule has 84 valence electrons. The molecule has 0 bridgehead atoms. The number of hydrogen-bond donors (Lipinski definition) is 1. The van der Waals surface area contributed by atoms with Gasteiger partial charge in [0.15, 0.2) is 0 Å². The summed E-state index contributed by atoms with van der Waals surface area (Å²) in [7, 11) is 0. The predicted molar refractivity (Wildman–Crippen MR) is 71.6 cm³/mol. The lowest BCUT2D eigenvalue weighted by atomic mass is 10.1. The Hall–Kier alpha value is -0.710. The summed E-state index contributed by atoms with van der Waals surface area (Å²) >= 11 is 5.24. The molecule has 2 heterocycles. The highest BCUT2D eigenvalue weighted by Crippen LogP contribution is 2.31. The molecule has 4 heteroatoms. The van der Waals surface area contributed by atoms with Gasteiger partial charge >= 0.3 is 0 Å². The third-order valence-corrected chi connectivity index (χ3v) is 4.72. The molecule has 0 fully saturated rings. The summed E-state index contributed by atoms with van der Waals surface area (Å²) in [6.07, 6.45) is 4.46. The summed E-state index contributed by atoms with van der Waals surface area (Å²) in [6, 6.07) is 6.24. The van der Waals surface area contributed by atoms with Gasteiger partial charge in [-0.3, -0.25) is 4.98 Å². The van der Waals surface area contributed by atoms with E-state index < -0.39 is 0 Å². The van der Waals surface area contributed by atoms with E-state index in [1.165, 1.54) is 19.8 Å². The lowest BCUT2D eigenvalue weighted by Crippen LogP contribution is -2.11. The van der Waals surface area contributed by atoms with Crippen molar-refractivity contribution in [2.45, 2.75) is 19.4 Å². The fourth-order valence-electron chi connectivity index (χ4n) is 1.54. The molecule has 0 aliphatic heterocycles. The van der Waals surface area contributed by atoms with Crippen LogP contribution < -0.4 is 5.73 Å². The molecule has 2 nitrogen and oxygen atoms in total. The highest BCUT2D eigenvalue weighted by Gasteiger charge is 2.11. The molecule has 2 N–H and O–H groups in total. The third-order valence-electron chi connectivity index (χ3n) is 2.45. The zero-order chi connectivity index (χ0) is 11.5. The van der Waals surface area contributed by atoms with Gasteiger partial charge in [0.25, 0.3) is 0 Å². The fourth-order valence-corrected chi connectivity index (χ4v) is 3.11. The standard InChI is InChI=1S/C12H13BrN2S/c1-8-6-11(16-12(8)13)10(14)7-9-2-4-15-5-3-9/h2-6,10H,7,14H2,1H3. The first-order valence-corrected chi connectivity index (χ1v) is 6.68. The fraction of sp³-hybridized carbons (Fsp3) is 0.250. The average Bonchev–Trinajstić information content (AvgIpc) is 2.61. The predicted octanol–water partition coefficient (Wildman–Crippen LogP) is 3.46. The molecule has 16 heavy (non-hydrogen) atoms. The second-order valence-electron chi connectivity index (χ2n) is 3.77. The van der Waals surface area contributed by atoms with Crippen LogP contribution in [0.25, 0.3) is 0 Å². The van der Waals surface area contributed by atoms with Crippen molar-refractivity contribution in [2.75, 3.05) is 0 Å². The number of aromatic nitrogens is 1. The van der Waals surface area contributed by atoms with E-state index in [1.807, 2.05) is 12.1 Å². The van der Waals surface area contributed by atoms with E-state index in [-0.39, 0.29) is 6.04 Å². The Morgan fingerprint density at radius 1 is 1.44 bits per heavy atom. The van der Waals surface area contributed by atoms with Crippen LogP contribution in [0.4, 0.5) is 0 Å². The molecule has 1 atom stereocenters. The van der Waals surface area contributed by atoms with Gasteiger partial charge < -0.3 is 5.73 Å². The molecular formula is C12H13BrN2S. The second kappa shape index (κ2) is 5.08. The Morgan fingerprint density at radius 2 is 2.12 bits per heavy atom.